The Morgan fingerprint density at radius 3 is 2.60 bits per heavy atom. The zero-order valence-electron chi connectivity index (χ0n) is 12.0. The molecule has 110 valence electrons. The van der Waals surface area contributed by atoms with Crippen LogP contribution in [0, 0.1) is 23.0 Å². The number of nitrogens with zero attached hydrogens (tertiary/aromatic N) is 1. The number of rotatable bonds is 6. The van der Waals surface area contributed by atoms with Crippen LogP contribution in [0.1, 0.15) is 38.9 Å². The van der Waals surface area contributed by atoms with Crippen molar-refractivity contribution in [3.63, 3.8) is 0 Å². The first-order valence-electron chi connectivity index (χ1n) is 6.52. The van der Waals surface area contributed by atoms with Crippen LogP contribution in [-0.4, -0.2) is 18.7 Å². The molecule has 0 amide bonds. The summed E-state index contributed by atoms with van der Waals surface area (Å²) in [5, 5.41) is 11.8. The second-order valence-corrected chi connectivity index (χ2v) is 5.56. The van der Waals surface area contributed by atoms with Gasteiger partial charge in [-0.2, -0.15) is 5.26 Å². The van der Waals surface area contributed by atoms with Crippen molar-refractivity contribution in [1.29, 1.82) is 5.26 Å². The summed E-state index contributed by atoms with van der Waals surface area (Å²) in [6, 6.07) is 5.40. The summed E-state index contributed by atoms with van der Waals surface area (Å²) in [4.78, 5) is 0. The smallest absolute Gasteiger partial charge is 0.131 e. The molecule has 0 aliphatic carbocycles. The molecular weight excluding hydrogens is 262 g/mol. The van der Waals surface area contributed by atoms with E-state index in [0.717, 1.165) is 6.07 Å². The Labute approximate surface area is 118 Å². The third-order valence-electron chi connectivity index (χ3n) is 2.66. The van der Waals surface area contributed by atoms with Crippen molar-refractivity contribution in [2.24, 2.45) is 0 Å². The van der Waals surface area contributed by atoms with Gasteiger partial charge in [-0.15, -0.1) is 0 Å². The van der Waals surface area contributed by atoms with Crippen LogP contribution in [0.3, 0.4) is 0 Å². The van der Waals surface area contributed by atoms with Crippen molar-refractivity contribution in [2.45, 2.75) is 38.8 Å². The van der Waals surface area contributed by atoms with Crippen molar-refractivity contribution in [2.75, 3.05) is 13.2 Å². The summed E-state index contributed by atoms with van der Waals surface area (Å²) in [6.07, 6.45) is -0.322. The number of benzene rings is 1. The average Bonchev–Trinajstić information content (AvgIpc) is 2.33. The number of hydrogen-bond acceptors (Lipinski definition) is 3. The third kappa shape index (κ3) is 5.64. The lowest BCUT2D eigenvalue weighted by Gasteiger charge is -2.26. The molecule has 20 heavy (non-hydrogen) atoms. The van der Waals surface area contributed by atoms with Gasteiger partial charge in [0.1, 0.15) is 11.6 Å². The van der Waals surface area contributed by atoms with Crippen LogP contribution in [0.4, 0.5) is 8.78 Å². The molecule has 0 aliphatic heterocycles. The fourth-order valence-electron chi connectivity index (χ4n) is 1.67. The van der Waals surface area contributed by atoms with Crippen molar-refractivity contribution >= 4 is 0 Å². The molecule has 1 aromatic rings. The first-order valence-corrected chi connectivity index (χ1v) is 6.52. The van der Waals surface area contributed by atoms with E-state index in [-0.39, 0.29) is 18.6 Å². The van der Waals surface area contributed by atoms with E-state index in [0.29, 0.717) is 12.1 Å². The highest BCUT2D eigenvalue weighted by Gasteiger charge is 2.19. The van der Waals surface area contributed by atoms with Crippen LogP contribution in [0.2, 0.25) is 0 Å². The summed E-state index contributed by atoms with van der Waals surface area (Å²) < 4.78 is 32.3. The fourth-order valence-corrected chi connectivity index (χ4v) is 1.67. The lowest BCUT2D eigenvalue weighted by molar-refractivity contribution is 0.0496. The molecule has 0 spiro atoms. The maximum absolute atomic E-state index is 13.8. The quantitative estimate of drug-likeness (QED) is 0.814. The first-order chi connectivity index (χ1) is 9.33. The molecule has 0 unspecified atom stereocenters. The van der Waals surface area contributed by atoms with Crippen LogP contribution in [0.15, 0.2) is 18.2 Å². The molecule has 0 aliphatic rings. The van der Waals surface area contributed by atoms with E-state index in [1.807, 2.05) is 26.8 Å². The minimum absolute atomic E-state index is 0.145. The number of halogens is 2. The summed E-state index contributed by atoms with van der Waals surface area (Å²) >= 11 is 0. The lowest BCUT2D eigenvalue weighted by atomic mass is 10.1. The summed E-state index contributed by atoms with van der Waals surface area (Å²) in [5.74, 6) is -1.26. The SMILES string of the molecule is CC(C)(C)NC[C@@H](OCCC#N)c1ccc(F)cc1F. The van der Waals surface area contributed by atoms with E-state index in [9.17, 15) is 8.78 Å². The van der Waals surface area contributed by atoms with Crippen molar-refractivity contribution < 1.29 is 13.5 Å². The standard InChI is InChI=1S/C15H20F2N2O/c1-15(2,3)19-10-14(20-8-4-7-18)12-6-5-11(16)9-13(12)17/h5-6,9,14,19H,4,8,10H2,1-3H3/t14-/m1/s1. The number of nitriles is 1. The van der Waals surface area contributed by atoms with Gasteiger partial charge in [-0.05, 0) is 26.8 Å². The maximum atomic E-state index is 13.8. The Morgan fingerprint density at radius 2 is 2.05 bits per heavy atom. The minimum Gasteiger partial charge on any atom is -0.371 e. The first kappa shape index (κ1) is 16.5. The van der Waals surface area contributed by atoms with Gasteiger partial charge in [-0.3, -0.25) is 0 Å². The van der Waals surface area contributed by atoms with E-state index < -0.39 is 17.7 Å². The predicted octanol–water partition coefficient (Wildman–Crippen LogP) is 3.32. The highest BCUT2D eigenvalue weighted by atomic mass is 19.1. The van der Waals surface area contributed by atoms with Crippen LogP contribution in [0.25, 0.3) is 0 Å². The van der Waals surface area contributed by atoms with E-state index in [1.165, 1.54) is 12.1 Å². The molecule has 0 radical (unpaired) electrons. The molecule has 1 aromatic carbocycles. The third-order valence-corrected chi connectivity index (χ3v) is 2.66. The van der Waals surface area contributed by atoms with Crippen LogP contribution >= 0.6 is 0 Å². The number of nitrogens with one attached hydrogen (secondary N) is 1. The molecule has 5 heteroatoms. The Morgan fingerprint density at radius 1 is 1.35 bits per heavy atom. The van der Waals surface area contributed by atoms with Crippen LogP contribution in [-0.2, 0) is 4.74 Å². The summed E-state index contributed by atoms with van der Waals surface area (Å²) in [7, 11) is 0. The molecular formula is C15H20F2N2O. The molecule has 1 N–H and O–H groups in total. The molecule has 0 heterocycles. The van der Waals surface area contributed by atoms with E-state index >= 15 is 0 Å². The Bertz CT molecular complexity index is 478. The molecule has 0 saturated carbocycles. The number of ether oxygens (including phenoxy) is 1. The fraction of sp³-hybridized carbons (Fsp3) is 0.533. The van der Waals surface area contributed by atoms with Gasteiger partial charge in [0.05, 0.1) is 25.2 Å². The largest absolute Gasteiger partial charge is 0.371 e. The highest BCUT2D eigenvalue weighted by molar-refractivity contribution is 5.21. The topological polar surface area (TPSA) is 45.0 Å². The van der Waals surface area contributed by atoms with E-state index in [1.54, 1.807) is 0 Å². The van der Waals surface area contributed by atoms with Gasteiger partial charge in [0.25, 0.3) is 0 Å². The zero-order chi connectivity index (χ0) is 15.2. The minimum atomic E-state index is -0.636. The lowest BCUT2D eigenvalue weighted by Crippen LogP contribution is -2.39. The predicted molar refractivity (Wildman–Crippen MR) is 73.0 cm³/mol. The monoisotopic (exact) mass is 282 g/mol. The molecule has 1 atom stereocenters. The highest BCUT2D eigenvalue weighted by Crippen LogP contribution is 2.22. The van der Waals surface area contributed by atoms with Gasteiger partial charge >= 0.3 is 0 Å². The van der Waals surface area contributed by atoms with Gasteiger partial charge < -0.3 is 10.1 Å². The summed E-state index contributed by atoms with van der Waals surface area (Å²) in [6.45, 7) is 6.56. The zero-order valence-corrected chi connectivity index (χ0v) is 12.0. The average molecular weight is 282 g/mol. The van der Waals surface area contributed by atoms with Gasteiger partial charge in [0, 0.05) is 23.7 Å². The van der Waals surface area contributed by atoms with Crippen molar-refractivity contribution in [3.8, 4) is 6.07 Å². The van der Waals surface area contributed by atoms with E-state index in [2.05, 4.69) is 5.32 Å². The molecule has 0 bridgehead atoms. The van der Waals surface area contributed by atoms with E-state index in [4.69, 9.17) is 10.00 Å². The van der Waals surface area contributed by atoms with Crippen LogP contribution in [0.5, 0.6) is 0 Å². The molecule has 0 aromatic heterocycles. The second kappa shape index (κ2) is 7.32. The van der Waals surface area contributed by atoms with Crippen molar-refractivity contribution in [3.05, 3.63) is 35.4 Å². The van der Waals surface area contributed by atoms with Crippen LogP contribution < -0.4 is 5.32 Å². The van der Waals surface area contributed by atoms with Gasteiger partial charge in [0.15, 0.2) is 0 Å². The van der Waals surface area contributed by atoms with Gasteiger partial charge in [-0.1, -0.05) is 6.07 Å². The Balaban J connectivity index is 2.82. The molecule has 0 saturated heterocycles. The Kier molecular flexibility index (Phi) is 6.05. The molecule has 0 fully saturated rings. The normalized spacial score (nSPS) is 13.0. The molecule has 1 rings (SSSR count). The Hall–Kier alpha value is -1.51. The maximum Gasteiger partial charge on any atom is 0.131 e. The van der Waals surface area contributed by atoms with Gasteiger partial charge in [0.2, 0.25) is 0 Å². The van der Waals surface area contributed by atoms with Crippen molar-refractivity contribution in [1.82, 2.24) is 5.32 Å². The summed E-state index contributed by atoms with van der Waals surface area (Å²) in [5.41, 5.74) is 0.147. The second-order valence-electron chi connectivity index (χ2n) is 5.56. The van der Waals surface area contributed by atoms with Gasteiger partial charge in [-0.25, -0.2) is 8.78 Å². The number of hydrogen-bond donors (Lipinski definition) is 1. The molecule has 3 nitrogen and oxygen atoms in total.